The molecule has 130 valence electrons. The number of carbonyl (C=O) groups is 1. The van der Waals surface area contributed by atoms with Gasteiger partial charge >= 0.3 is 0 Å². The quantitative estimate of drug-likeness (QED) is 0.857. The maximum absolute atomic E-state index is 12.8. The first-order valence-corrected chi connectivity index (χ1v) is 10.3. The number of sulfonamides is 1. The van der Waals surface area contributed by atoms with Crippen molar-refractivity contribution >= 4 is 21.6 Å². The van der Waals surface area contributed by atoms with Crippen molar-refractivity contribution in [3.05, 3.63) is 29.3 Å². The van der Waals surface area contributed by atoms with Gasteiger partial charge in [-0.2, -0.15) is 0 Å². The van der Waals surface area contributed by atoms with Crippen LogP contribution in [-0.2, 0) is 16.4 Å². The first kappa shape index (κ1) is 15.9. The molecule has 3 aliphatic rings. The minimum Gasteiger partial charge on any atom is -0.338 e. The number of hydrogen-bond donors (Lipinski definition) is 1. The summed E-state index contributed by atoms with van der Waals surface area (Å²) in [5.41, 5.74) is 8.44. The van der Waals surface area contributed by atoms with Crippen LogP contribution in [0.5, 0.6) is 0 Å². The SMILES string of the molecule is CS(=O)(=O)N1CCc2cc(C(=O)N3CC4CCC(N)C4C3)ccc21. The molecule has 3 unspecified atom stereocenters. The summed E-state index contributed by atoms with van der Waals surface area (Å²) in [5.74, 6) is 1.01. The Morgan fingerprint density at radius 3 is 2.75 bits per heavy atom. The fourth-order valence-corrected chi connectivity index (χ4v) is 5.46. The lowest BCUT2D eigenvalue weighted by Gasteiger charge is -2.20. The van der Waals surface area contributed by atoms with Crippen molar-refractivity contribution in [1.29, 1.82) is 0 Å². The molecule has 1 saturated carbocycles. The second kappa shape index (κ2) is 5.46. The van der Waals surface area contributed by atoms with Crippen molar-refractivity contribution in [3.63, 3.8) is 0 Å². The van der Waals surface area contributed by atoms with Crippen LogP contribution >= 0.6 is 0 Å². The molecule has 2 fully saturated rings. The van der Waals surface area contributed by atoms with Crippen LogP contribution in [0.1, 0.15) is 28.8 Å². The van der Waals surface area contributed by atoms with Crippen molar-refractivity contribution in [1.82, 2.24) is 4.90 Å². The zero-order chi connectivity index (χ0) is 17.1. The molecule has 6 nitrogen and oxygen atoms in total. The van der Waals surface area contributed by atoms with Crippen molar-refractivity contribution in [2.45, 2.75) is 25.3 Å². The zero-order valence-electron chi connectivity index (χ0n) is 13.8. The number of amides is 1. The molecule has 7 heteroatoms. The molecule has 0 radical (unpaired) electrons. The highest BCUT2D eigenvalue weighted by Gasteiger charge is 2.42. The van der Waals surface area contributed by atoms with Gasteiger partial charge in [0.1, 0.15) is 0 Å². The summed E-state index contributed by atoms with van der Waals surface area (Å²) >= 11 is 0. The summed E-state index contributed by atoms with van der Waals surface area (Å²) in [4.78, 5) is 14.7. The minimum atomic E-state index is -3.26. The summed E-state index contributed by atoms with van der Waals surface area (Å²) in [6.45, 7) is 2.00. The summed E-state index contributed by atoms with van der Waals surface area (Å²) in [7, 11) is -3.26. The fraction of sp³-hybridized carbons (Fsp3) is 0.588. The number of rotatable bonds is 2. The molecule has 1 aromatic carbocycles. The van der Waals surface area contributed by atoms with Gasteiger partial charge in [0.25, 0.3) is 5.91 Å². The normalized spacial score (nSPS) is 29.0. The van der Waals surface area contributed by atoms with Gasteiger partial charge in [-0.05, 0) is 54.9 Å². The van der Waals surface area contributed by atoms with Gasteiger partial charge in [0.2, 0.25) is 10.0 Å². The van der Waals surface area contributed by atoms with Gasteiger partial charge in [-0.3, -0.25) is 9.10 Å². The second-order valence-corrected chi connectivity index (χ2v) is 9.21. The highest BCUT2D eigenvalue weighted by molar-refractivity contribution is 7.92. The van der Waals surface area contributed by atoms with E-state index in [9.17, 15) is 13.2 Å². The molecule has 1 saturated heterocycles. The predicted octanol–water partition coefficient (Wildman–Crippen LogP) is 0.818. The molecule has 1 aromatic rings. The van der Waals surface area contributed by atoms with E-state index < -0.39 is 10.0 Å². The average Bonchev–Trinajstić information content (AvgIpc) is 3.21. The van der Waals surface area contributed by atoms with Gasteiger partial charge in [-0.1, -0.05) is 0 Å². The molecule has 4 rings (SSSR count). The number of fused-ring (bicyclic) bond motifs is 2. The number of nitrogens with zero attached hydrogens (tertiary/aromatic N) is 2. The molecule has 0 bridgehead atoms. The third-order valence-corrected chi connectivity index (χ3v) is 6.96. The van der Waals surface area contributed by atoms with Crippen LogP contribution < -0.4 is 10.0 Å². The Kier molecular flexibility index (Phi) is 3.61. The molecular weight excluding hydrogens is 326 g/mol. The van der Waals surface area contributed by atoms with E-state index in [4.69, 9.17) is 5.73 Å². The standard InChI is InChI=1S/C17H23N3O3S/c1-24(22,23)20-7-6-11-8-12(3-5-16(11)20)17(21)19-9-13-2-4-15(18)14(13)10-19/h3,5,8,13-15H,2,4,6-7,9-10,18H2,1H3. The largest absolute Gasteiger partial charge is 0.338 e. The maximum Gasteiger partial charge on any atom is 0.253 e. The Bertz CT molecular complexity index is 792. The summed E-state index contributed by atoms with van der Waals surface area (Å²) in [6, 6.07) is 5.59. The van der Waals surface area contributed by atoms with Crippen LogP contribution in [0.2, 0.25) is 0 Å². The van der Waals surface area contributed by atoms with Gasteiger partial charge in [-0.15, -0.1) is 0 Å². The van der Waals surface area contributed by atoms with Gasteiger partial charge in [-0.25, -0.2) is 8.42 Å². The minimum absolute atomic E-state index is 0.0391. The van der Waals surface area contributed by atoms with E-state index in [0.29, 0.717) is 36.1 Å². The van der Waals surface area contributed by atoms with Crippen LogP contribution in [0.15, 0.2) is 18.2 Å². The van der Waals surface area contributed by atoms with E-state index in [1.807, 2.05) is 11.0 Å². The molecule has 0 aromatic heterocycles. The third-order valence-electron chi connectivity index (χ3n) is 5.78. The topological polar surface area (TPSA) is 83.7 Å². The van der Waals surface area contributed by atoms with E-state index in [2.05, 4.69) is 0 Å². The van der Waals surface area contributed by atoms with Crippen LogP contribution in [0.4, 0.5) is 5.69 Å². The molecule has 1 amide bonds. The Labute approximate surface area is 142 Å². The van der Waals surface area contributed by atoms with Crippen LogP contribution in [-0.4, -0.2) is 51.2 Å². The highest BCUT2D eigenvalue weighted by Crippen LogP contribution is 2.38. The molecule has 2 heterocycles. The van der Waals surface area contributed by atoms with Gasteiger partial charge in [0, 0.05) is 31.2 Å². The lowest BCUT2D eigenvalue weighted by atomic mass is 9.98. The monoisotopic (exact) mass is 349 g/mol. The van der Waals surface area contributed by atoms with Crippen molar-refractivity contribution in [2.24, 2.45) is 17.6 Å². The van der Waals surface area contributed by atoms with Crippen molar-refractivity contribution in [3.8, 4) is 0 Å². The molecule has 24 heavy (non-hydrogen) atoms. The van der Waals surface area contributed by atoms with Crippen molar-refractivity contribution < 1.29 is 13.2 Å². The molecule has 0 spiro atoms. The summed E-state index contributed by atoms with van der Waals surface area (Å²) < 4.78 is 25.0. The Hall–Kier alpha value is -1.60. The third kappa shape index (κ3) is 2.50. The average molecular weight is 349 g/mol. The molecular formula is C17H23N3O3S. The zero-order valence-corrected chi connectivity index (χ0v) is 14.6. The fourth-order valence-electron chi connectivity index (χ4n) is 4.50. The van der Waals surface area contributed by atoms with Crippen LogP contribution in [0.25, 0.3) is 0 Å². The molecule has 2 aliphatic heterocycles. The number of benzene rings is 1. The molecule has 1 aliphatic carbocycles. The smallest absolute Gasteiger partial charge is 0.253 e. The van der Waals surface area contributed by atoms with E-state index in [1.165, 1.54) is 10.6 Å². The Balaban J connectivity index is 1.55. The number of likely N-dealkylation sites (tertiary alicyclic amines) is 1. The van der Waals surface area contributed by atoms with E-state index in [0.717, 1.165) is 31.5 Å². The first-order valence-electron chi connectivity index (χ1n) is 8.50. The maximum atomic E-state index is 12.8. The first-order chi connectivity index (χ1) is 11.3. The summed E-state index contributed by atoms with van der Waals surface area (Å²) in [6.07, 6.45) is 4.05. The van der Waals surface area contributed by atoms with E-state index in [1.54, 1.807) is 12.1 Å². The molecule has 3 atom stereocenters. The lowest BCUT2D eigenvalue weighted by molar-refractivity contribution is 0.0779. The highest BCUT2D eigenvalue weighted by atomic mass is 32.2. The number of nitrogens with two attached hydrogens (primary N) is 1. The van der Waals surface area contributed by atoms with Crippen LogP contribution in [0.3, 0.4) is 0 Å². The van der Waals surface area contributed by atoms with E-state index >= 15 is 0 Å². The van der Waals surface area contributed by atoms with Gasteiger partial charge in [0.15, 0.2) is 0 Å². The Morgan fingerprint density at radius 2 is 2.04 bits per heavy atom. The number of hydrogen-bond acceptors (Lipinski definition) is 4. The van der Waals surface area contributed by atoms with Crippen LogP contribution in [0, 0.1) is 11.8 Å². The number of anilines is 1. The van der Waals surface area contributed by atoms with Gasteiger partial charge < -0.3 is 10.6 Å². The van der Waals surface area contributed by atoms with Gasteiger partial charge in [0.05, 0.1) is 11.9 Å². The predicted molar refractivity (Wildman–Crippen MR) is 92.4 cm³/mol. The second-order valence-electron chi connectivity index (χ2n) is 7.30. The lowest BCUT2D eigenvalue weighted by Crippen LogP contribution is -2.33. The summed E-state index contributed by atoms with van der Waals surface area (Å²) in [5, 5.41) is 0. The van der Waals surface area contributed by atoms with E-state index in [-0.39, 0.29) is 11.9 Å². The number of carbonyl (C=O) groups excluding carboxylic acids is 1. The Morgan fingerprint density at radius 1 is 1.25 bits per heavy atom. The van der Waals surface area contributed by atoms with Crippen molar-refractivity contribution in [2.75, 3.05) is 30.2 Å². The molecule has 2 N–H and O–H groups in total.